The van der Waals surface area contributed by atoms with E-state index in [1.165, 1.54) is 6.92 Å². The summed E-state index contributed by atoms with van der Waals surface area (Å²) in [4.78, 5) is 23.4. The summed E-state index contributed by atoms with van der Waals surface area (Å²) in [5.41, 5.74) is 0.915. The molecule has 0 aromatic rings. The molecule has 0 unspecified atom stereocenters. The highest BCUT2D eigenvalue weighted by molar-refractivity contribution is 8.15. The first kappa shape index (κ1) is 16.2. The summed E-state index contributed by atoms with van der Waals surface area (Å²) >= 11 is 1.13. The maximum atomic E-state index is 11.7. The molecule has 0 radical (unpaired) electrons. The first-order chi connectivity index (χ1) is 7.85. The van der Waals surface area contributed by atoms with Gasteiger partial charge in [-0.1, -0.05) is 49.4 Å². The van der Waals surface area contributed by atoms with E-state index >= 15 is 0 Å². The zero-order chi connectivity index (χ0) is 13.5. The van der Waals surface area contributed by atoms with Gasteiger partial charge in [0.05, 0.1) is 4.75 Å². The predicted octanol–water partition coefficient (Wildman–Crippen LogP) is 3.92. The first-order valence-corrected chi connectivity index (χ1v) is 6.72. The molecule has 3 heteroatoms. The van der Waals surface area contributed by atoms with Gasteiger partial charge in [-0.15, -0.1) is 0 Å². The van der Waals surface area contributed by atoms with Crippen molar-refractivity contribution in [1.29, 1.82) is 0 Å². The van der Waals surface area contributed by atoms with Crippen molar-refractivity contribution >= 4 is 22.7 Å². The maximum absolute atomic E-state index is 11.7. The van der Waals surface area contributed by atoms with E-state index in [1.807, 2.05) is 19.9 Å². The van der Waals surface area contributed by atoms with Crippen molar-refractivity contribution in [3.63, 3.8) is 0 Å². The van der Waals surface area contributed by atoms with Crippen LogP contribution < -0.4 is 0 Å². The third-order valence-electron chi connectivity index (χ3n) is 2.58. The lowest BCUT2D eigenvalue weighted by Crippen LogP contribution is -2.29. The van der Waals surface area contributed by atoms with Crippen LogP contribution in [0.2, 0.25) is 0 Å². The van der Waals surface area contributed by atoms with Gasteiger partial charge in [-0.25, -0.2) is 0 Å². The molecule has 0 N–H and O–H groups in total. The topological polar surface area (TPSA) is 34.1 Å². The summed E-state index contributed by atoms with van der Waals surface area (Å²) in [5, 5.41) is 0.0812. The number of rotatable bonds is 7. The Morgan fingerprint density at radius 1 is 1.35 bits per heavy atom. The fraction of sp³-hybridized carbons (Fsp3) is 0.571. The van der Waals surface area contributed by atoms with Gasteiger partial charge in [0.15, 0.2) is 5.12 Å². The summed E-state index contributed by atoms with van der Waals surface area (Å²) in [7, 11) is 0. The molecule has 2 nitrogen and oxygen atoms in total. The van der Waals surface area contributed by atoms with Crippen LogP contribution in [0.3, 0.4) is 0 Å². The first-order valence-electron chi connectivity index (χ1n) is 5.90. The Morgan fingerprint density at radius 3 is 2.35 bits per heavy atom. The summed E-state index contributed by atoms with van der Waals surface area (Å²) in [6.07, 6.45) is 5.91. The molecule has 96 valence electrons. The minimum absolute atomic E-state index is 0.00597. The summed E-state index contributed by atoms with van der Waals surface area (Å²) in [6, 6.07) is 0. The highest BCUT2D eigenvalue weighted by Crippen LogP contribution is 2.31. The molecule has 0 spiro atoms. The van der Waals surface area contributed by atoms with E-state index in [-0.39, 0.29) is 10.9 Å². The van der Waals surface area contributed by atoms with Crippen molar-refractivity contribution < 1.29 is 9.59 Å². The van der Waals surface area contributed by atoms with Gasteiger partial charge in [-0.2, -0.15) is 0 Å². The van der Waals surface area contributed by atoms with E-state index in [0.29, 0.717) is 6.42 Å². The van der Waals surface area contributed by atoms with Gasteiger partial charge < -0.3 is 0 Å². The van der Waals surface area contributed by atoms with Gasteiger partial charge in [-0.3, -0.25) is 9.59 Å². The highest BCUT2D eigenvalue weighted by Gasteiger charge is 2.30. The molecule has 0 bridgehead atoms. The second kappa shape index (κ2) is 7.49. The molecule has 0 aliphatic rings. The smallest absolute Gasteiger partial charge is 0.190 e. The van der Waals surface area contributed by atoms with Gasteiger partial charge in [0.2, 0.25) is 0 Å². The Morgan fingerprint density at radius 2 is 1.94 bits per heavy atom. The molecule has 17 heavy (non-hydrogen) atoms. The van der Waals surface area contributed by atoms with Crippen LogP contribution in [0.1, 0.15) is 47.0 Å². The van der Waals surface area contributed by atoms with E-state index in [2.05, 4.69) is 6.58 Å². The van der Waals surface area contributed by atoms with Crippen LogP contribution in [0.4, 0.5) is 0 Å². The van der Waals surface area contributed by atoms with Crippen LogP contribution in [0.5, 0.6) is 0 Å². The van der Waals surface area contributed by atoms with Crippen LogP contribution in [0.15, 0.2) is 24.3 Å². The minimum atomic E-state index is -0.761. The number of carbonyl (C=O) groups is 2. The Bertz CT molecular complexity index is 331. The molecular weight excluding hydrogens is 232 g/mol. The number of allylic oxidation sites excluding steroid dienone is 2. The van der Waals surface area contributed by atoms with Crippen LogP contribution in [-0.4, -0.2) is 15.6 Å². The van der Waals surface area contributed by atoms with Crippen molar-refractivity contribution in [3.8, 4) is 0 Å². The fourth-order valence-electron chi connectivity index (χ4n) is 1.30. The van der Waals surface area contributed by atoms with Crippen molar-refractivity contribution in [1.82, 2.24) is 0 Å². The molecule has 0 aliphatic carbocycles. The van der Waals surface area contributed by atoms with E-state index in [0.717, 1.165) is 30.2 Å². The van der Waals surface area contributed by atoms with Crippen LogP contribution >= 0.6 is 11.8 Å². The molecule has 0 aromatic carbocycles. The molecule has 0 aliphatic heterocycles. The quantitative estimate of drug-likeness (QED) is 0.646. The van der Waals surface area contributed by atoms with Gasteiger partial charge in [0.1, 0.15) is 5.78 Å². The molecule has 0 fully saturated rings. The lowest BCUT2D eigenvalue weighted by Gasteiger charge is -2.21. The Kier molecular flexibility index (Phi) is 7.12. The van der Waals surface area contributed by atoms with Gasteiger partial charge >= 0.3 is 0 Å². The second-order valence-corrected chi connectivity index (χ2v) is 5.84. The van der Waals surface area contributed by atoms with Crippen molar-refractivity contribution in [2.75, 3.05) is 0 Å². The normalized spacial score (nSPS) is 15.2. The largest absolute Gasteiger partial charge is 0.298 e. The number of Topliss-reactive ketones (excluding diaryl/α,β-unsaturated/α-hetero) is 1. The third kappa shape index (κ3) is 5.87. The Labute approximate surface area is 109 Å². The van der Waals surface area contributed by atoms with Crippen molar-refractivity contribution in [2.24, 2.45) is 0 Å². The number of hydrogen-bond acceptors (Lipinski definition) is 3. The standard InChI is InChI=1S/C14H22O2S/c1-6-8-9-13(16)17-14(5,12(4)15)10-11(3)7-2/h7,10H,2,6,8-9H2,1,3-5H3/b11-10+/t14-/m1/s1. The van der Waals surface area contributed by atoms with Gasteiger partial charge in [0.25, 0.3) is 0 Å². The Balaban J connectivity index is 4.80. The SMILES string of the molecule is C=C/C(C)=C/[C@@](C)(SC(=O)CCCC)C(C)=O. The highest BCUT2D eigenvalue weighted by atomic mass is 32.2. The number of carbonyl (C=O) groups excluding carboxylic acids is 2. The molecular formula is C14H22O2S. The number of ketones is 1. The second-order valence-electron chi connectivity index (χ2n) is 4.33. The molecule has 0 aromatic heterocycles. The molecule has 1 atom stereocenters. The molecule has 0 amide bonds. The lowest BCUT2D eigenvalue weighted by atomic mass is 10.0. The van der Waals surface area contributed by atoms with E-state index in [4.69, 9.17) is 0 Å². The van der Waals surface area contributed by atoms with Gasteiger partial charge in [0, 0.05) is 6.42 Å². The molecule has 0 saturated heterocycles. The van der Waals surface area contributed by atoms with E-state index < -0.39 is 4.75 Å². The Hall–Kier alpha value is -0.830. The predicted molar refractivity (Wildman–Crippen MR) is 75.2 cm³/mol. The fourth-order valence-corrected chi connectivity index (χ4v) is 2.41. The van der Waals surface area contributed by atoms with Crippen LogP contribution in [0.25, 0.3) is 0 Å². The molecule has 0 rings (SSSR count). The van der Waals surface area contributed by atoms with Gasteiger partial charge in [-0.05, 0) is 27.2 Å². The van der Waals surface area contributed by atoms with Crippen molar-refractivity contribution in [3.05, 3.63) is 24.3 Å². The lowest BCUT2D eigenvalue weighted by molar-refractivity contribution is -0.118. The summed E-state index contributed by atoms with van der Waals surface area (Å²) in [6.45, 7) is 10.9. The third-order valence-corrected chi connectivity index (χ3v) is 3.85. The molecule has 0 saturated carbocycles. The number of thioether (sulfide) groups is 1. The number of hydrogen-bond donors (Lipinski definition) is 0. The summed E-state index contributed by atoms with van der Waals surface area (Å²) < 4.78 is -0.761. The van der Waals surface area contributed by atoms with Crippen molar-refractivity contribution in [2.45, 2.75) is 51.7 Å². The zero-order valence-corrected chi connectivity index (χ0v) is 12.0. The van der Waals surface area contributed by atoms with Crippen LogP contribution in [-0.2, 0) is 9.59 Å². The minimum Gasteiger partial charge on any atom is -0.298 e. The number of unbranched alkanes of at least 4 members (excludes halogenated alkanes) is 1. The molecule has 0 heterocycles. The average molecular weight is 254 g/mol. The maximum Gasteiger partial charge on any atom is 0.190 e. The van der Waals surface area contributed by atoms with E-state index in [9.17, 15) is 9.59 Å². The average Bonchev–Trinajstić information content (AvgIpc) is 2.25. The van der Waals surface area contributed by atoms with E-state index in [1.54, 1.807) is 13.0 Å². The zero-order valence-electron chi connectivity index (χ0n) is 11.2. The summed E-state index contributed by atoms with van der Waals surface area (Å²) in [5.74, 6) is -0.00597. The van der Waals surface area contributed by atoms with Crippen LogP contribution in [0, 0.1) is 0 Å². The monoisotopic (exact) mass is 254 g/mol.